The highest BCUT2D eigenvalue weighted by atomic mass is 19.4. The first kappa shape index (κ1) is 14.8. The van der Waals surface area contributed by atoms with E-state index in [4.69, 9.17) is 0 Å². The highest BCUT2D eigenvalue weighted by molar-refractivity contribution is 5.65. The van der Waals surface area contributed by atoms with E-state index in [0.29, 0.717) is 5.56 Å². The molecule has 0 bridgehead atoms. The minimum absolute atomic E-state index is 0.191. The molecule has 0 atom stereocenters. The topological polar surface area (TPSA) is 68.1 Å². The number of halogens is 3. The molecule has 0 spiro atoms. The van der Waals surface area contributed by atoms with Gasteiger partial charge in [0, 0.05) is 18.7 Å². The summed E-state index contributed by atoms with van der Waals surface area (Å²) in [4.78, 5) is 14.4. The summed E-state index contributed by atoms with van der Waals surface area (Å²) in [6, 6.07) is 6.74. The lowest BCUT2D eigenvalue weighted by atomic mass is 10.1. The van der Waals surface area contributed by atoms with E-state index in [2.05, 4.69) is 10.3 Å². The summed E-state index contributed by atoms with van der Waals surface area (Å²) in [6.07, 6.45) is -4.43. The number of nitro groups is 1. The van der Waals surface area contributed by atoms with Crippen LogP contribution in [-0.4, -0.2) is 17.0 Å². The quantitative estimate of drug-likeness (QED) is 0.692. The zero-order chi connectivity index (χ0) is 15.6. The largest absolute Gasteiger partial charge is 0.416 e. The molecule has 0 aliphatic heterocycles. The Morgan fingerprint density at radius 3 is 2.29 bits per heavy atom. The Balaban J connectivity index is 2.46. The van der Waals surface area contributed by atoms with Crippen molar-refractivity contribution in [2.75, 3.05) is 12.4 Å². The molecule has 2 aromatic rings. The number of aromatic nitrogens is 1. The molecule has 21 heavy (non-hydrogen) atoms. The van der Waals surface area contributed by atoms with Crippen molar-refractivity contribution in [3.8, 4) is 11.3 Å². The van der Waals surface area contributed by atoms with Gasteiger partial charge in [0.2, 0.25) is 0 Å². The van der Waals surface area contributed by atoms with Crippen LogP contribution < -0.4 is 5.32 Å². The normalized spacial score (nSPS) is 11.2. The third kappa shape index (κ3) is 3.28. The third-order valence-corrected chi connectivity index (χ3v) is 2.79. The monoisotopic (exact) mass is 297 g/mol. The van der Waals surface area contributed by atoms with Gasteiger partial charge >= 0.3 is 6.18 Å². The molecule has 0 fully saturated rings. The zero-order valence-electron chi connectivity index (χ0n) is 10.8. The van der Waals surface area contributed by atoms with Crippen LogP contribution in [0, 0.1) is 10.1 Å². The molecule has 0 saturated carbocycles. The summed E-state index contributed by atoms with van der Waals surface area (Å²) in [6.45, 7) is 0. The van der Waals surface area contributed by atoms with Gasteiger partial charge in [-0.05, 0) is 12.1 Å². The number of pyridine rings is 1. The Morgan fingerprint density at radius 1 is 1.19 bits per heavy atom. The van der Waals surface area contributed by atoms with Crippen molar-refractivity contribution < 1.29 is 18.1 Å². The summed E-state index contributed by atoms with van der Waals surface area (Å²) >= 11 is 0. The highest BCUT2D eigenvalue weighted by Gasteiger charge is 2.30. The molecule has 1 N–H and O–H groups in total. The fourth-order valence-corrected chi connectivity index (χ4v) is 1.73. The van der Waals surface area contributed by atoms with Crippen molar-refractivity contribution in [3.05, 3.63) is 52.1 Å². The highest BCUT2D eigenvalue weighted by Crippen LogP contribution is 2.31. The average molecular weight is 297 g/mol. The maximum absolute atomic E-state index is 12.5. The van der Waals surface area contributed by atoms with Gasteiger partial charge in [-0.15, -0.1) is 0 Å². The molecule has 1 heterocycles. The van der Waals surface area contributed by atoms with Gasteiger partial charge in [-0.3, -0.25) is 10.1 Å². The summed E-state index contributed by atoms with van der Waals surface area (Å²) in [5, 5.41) is 13.5. The first-order valence-electron chi connectivity index (χ1n) is 5.83. The number of anilines is 1. The number of nitrogens with one attached hydrogen (secondary N) is 1. The van der Waals surface area contributed by atoms with Crippen molar-refractivity contribution in [2.24, 2.45) is 0 Å². The van der Waals surface area contributed by atoms with Crippen LogP contribution in [0.1, 0.15) is 5.56 Å². The first-order chi connectivity index (χ1) is 9.81. The van der Waals surface area contributed by atoms with Crippen molar-refractivity contribution in [3.63, 3.8) is 0 Å². The lowest BCUT2D eigenvalue weighted by Gasteiger charge is -2.08. The van der Waals surface area contributed by atoms with Crippen LogP contribution in [-0.2, 0) is 6.18 Å². The van der Waals surface area contributed by atoms with Crippen molar-refractivity contribution in [1.29, 1.82) is 0 Å². The van der Waals surface area contributed by atoms with Crippen molar-refractivity contribution >= 4 is 11.5 Å². The van der Waals surface area contributed by atoms with Crippen LogP contribution in [0.2, 0.25) is 0 Å². The lowest BCUT2D eigenvalue weighted by Crippen LogP contribution is -2.04. The van der Waals surface area contributed by atoms with Crippen LogP contribution in [0.3, 0.4) is 0 Å². The van der Waals surface area contributed by atoms with E-state index in [1.165, 1.54) is 24.3 Å². The van der Waals surface area contributed by atoms with E-state index in [1.807, 2.05) is 0 Å². The average Bonchev–Trinajstić information content (AvgIpc) is 2.46. The standard InChI is InChI=1S/C13H10F3N3O2/c1-17-12-7-10(19(20)21)6-11(18-12)8-2-4-9(5-3-8)13(14,15)16/h2-7H,1H3,(H,17,18). The molecule has 0 radical (unpaired) electrons. The summed E-state index contributed by atoms with van der Waals surface area (Å²) in [5.74, 6) is 0.263. The smallest absolute Gasteiger partial charge is 0.373 e. The number of hydrogen-bond donors (Lipinski definition) is 1. The molecule has 0 unspecified atom stereocenters. The predicted molar refractivity (Wildman–Crippen MR) is 70.9 cm³/mol. The van der Waals surface area contributed by atoms with Crippen LogP contribution >= 0.6 is 0 Å². The lowest BCUT2D eigenvalue weighted by molar-refractivity contribution is -0.384. The van der Waals surface area contributed by atoms with Gasteiger partial charge in [0.15, 0.2) is 0 Å². The van der Waals surface area contributed by atoms with Crippen LogP contribution in [0.5, 0.6) is 0 Å². The Bertz CT molecular complexity index is 669. The molecule has 110 valence electrons. The molecule has 0 saturated heterocycles. The summed E-state index contributed by atoms with van der Waals surface area (Å²) in [7, 11) is 1.54. The molecule has 1 aromatic heterocycles. The number of nitrogens with zero attached hydrogens (tertiary/aromatic N) is 2. The van der Waals surface area contributed by atoms with Crippen molar-refractivity contribution in [2.45, 2.75) is 6.18 Å². The van der Waals surface area contributed by atoms with Gasteiger partial charge in [-0.25, -0.2) is 4.98 Å². The number of rotatable bonds is 3. The first-order valence-corrected chi connectivity index (χ1v) is 5.83. The summed E-state index contributed by atoms with van der Waals surface area (Å²) < 4.78 is 37.5. The third-order valence-electron chi connectivity index (χ3n) is 2.79. The van der Waals surface area contributed by atoms with Crippen LogP contribution in [0.15, 0.2) is 36.4 Å². The SMILES string of the molecule is CNc1cc([N+](=O)[O-])cc(-c2ccc(C(F)(F)F)cc2)n1. The molecular weight excluding hydrogens is 287 g/mol. The maximum Gasteiger partial charge on any atom is 0.416 e. The number of benzene rings is 1. The molecule has 1 aromatic carbocycles. The Morgan fingerprint density at radius 2 is 1.81 bits per heavy atom. The Hall–Kier alpha value is -2.64. The fourth-order valence-electron chi connectivity index (χ4n) is 1.73. The van der Waals surface area contributed by atoms with Gasteiger partial charge < -0.3 is 5.32 Å². The second-order valence-electron chi connectivity index (χ2n) is 4.18. The van der Waals surface area contributed by atoms with Crippen LogP contribution in [0.25, 0.3) is 11.3 Å². The predicted octanol–water partition coefficient (Wildman–Crippen LogP) is 3.72. The fraction of sp³-hybridized carbons (Fsp3) is 0.154. The van der Waals surface area contributed by atoms with Gasteiger partial charge in [-0.2, -0.15) is 13.2 Å². The van der Waals surface area contributed by atoms with E-state index < -0.39 is 16.7 Å². The zero-order valence-corrected chi connectivity index (χ0v) is 10.8. The molecule has 0 aliphatic rings. The van der Waals surface area contributed by atoms with Gasteiger partial charge in [0.1, 0.15) is 5.82 Å². The van der Waals surface area contributed by atoms with E-state index in [0.717, 1.165) is 12.1 Å². The van der Waals surface area contributed by atoms with E-state index in [9.17, 15) is 23.3 Å². The number of hydrogen-bond acceptors (Lipinski definition) is 4. The van der Waals surface area contributed by atoms with Gasteiger partial charge in [0.25, 0.3) is 5.69 Å². The Labute approximate surface area is 117 Å². The minimum atomic E-state index is -4.43. The summed E-state index contributed by atoms with van der Waals surface area (Å²) in [5.41, 5.74) is -0.389. The maximum atomic E-state index is 12.5. The van der Waals surface area contributed by atoms with Gasteiger partial charge in [-0.1, -0.05) is 12.1 Å². The second-order valence-corrected chi connectivity index (χ2v) is 4.18. The molecule has 5 nitrogen and oxygen atoms in total. The van der Waals surface area contributed by atoms with Crippen molar-refractivity contribution in [1.82, 2.24) is 4.98 Å². The molecule has 0 aliphatic carbocycles. The van der Waals surface area contributed by atoms with E-state index in [-0.39, 0.29) is 17.2 Å². The number of alkyl halides is 3. The van der Waals surface area contributed by atoms with Gasteiger partial charge in [0.05, 0.1) is 22.2 Å². The van der Waals surface area contributed by atoms with E-state index >= 15 is 0 Å². The van der Waals surface area contributed by atoms with Crippen LogP contribution in [0.4, 0.5) is 24.7 Å². The molecular formula is C13H10F3N3O2. The molecule has 0 amide bonds. The second kappa shape index (κ2) is 5.39. The molecule has 8 heteroatoms. The van der Waals surface area contributed by atoms with E-state index in [1.54, 1.807) is 7.05 Å². The minimum Gasteiger partial charge on any atom is -0.373 e. The molecule has 2 rings (SSSR count). The Kier molecular flexibility index (Phi) is 3.79.